The van der Waals surface area contributed by atoms with Gasteiger partial charge in [0, 0.05) is 5.69 Å². The van der Waals surface area contributed by atoms with Gasteiger partial charge in [0.2, 0.25) is 0 Å². The van der Waals surface area contributed by atoms with Crippen LogP contribution in [0.5, 0.6) is 0 Å². The lowest BCUT2D eigenvalue weighted by Gasteiger charge is -2.27. The van der Waals surface area contributed by atoms with Crippen molar-refractivity contribution in [2.75, 3.05) is 5.73 Å². The number of hydrogen-bond donors (Lipinski definition) is 1. The van der Waals surface area contributed by atoms with Crippen molar-refractivity contribution in [1.29, 1.82) is 0 Å². The summed E-state index contributed by atoms with van der Waals surface area (Å²) in [6.07, 6.45) is 2.40. The van der Waals surface area contributed by atoms with Gasteiger partial charge in [0.15, 0.2) is 0 Å². The third-order valence-electron chi connectivity index (χ3n) is 3.87. The second-order valence-corrected chi connectivity index (χ2v) is 4.90. The lowest BCUT2D eigenvalue weighted by atomic mass is 9.77. The van der Waals surface area contributed by atoms with Gasteiger partial charge in [0.05, 0.1) is 0 Å². The van der Waals surface area contributed by atoms with Crippen molar-refractivity contribution in [3.63, 3.8) is 0 Å². The van der Waals surface area contributed by atoms with Gasteiger partial charge in [-0.25, -0.2) is 0 Å². The Morgan fingerprint density at radius 1 is 1.43 bits per heavy atom. The molecule has 0 spiro atoms. The van der Waals surface area contributed by atoms with Crippen LogP contribution < -0.4 is 5.73 Å². The van der Waals surface area contributed by atoms with E-state index >= 15 is 0 Å². The Balaban J connectivity index is 2.54. The molecule has 0 aliphatic heterocycles. The first-order valence-electron chi connectivity index (χ1n) is 5.45. The van der Waals surface area contributed by atoms with Crippen LogP contribution >= 0.6 is 0 Å². The van der Waals surface area contributed by atoms with Crippen molar-refractivity contribution in [3.8, 4) is 0 Å². The fraction of sp³-hybridized carbons (Fsp3) is 0.538. The SMILES string of the molecule is CC[C@H]1Cc2c(N)cccc2C1(C)C. The molecular weight excluding hydrogens is 170 g/mol. The molecule has 1 aromatic rings. The van der Waals surface area contributed by atoms with Crippen LogP contribution in [-0.2, 0) is 11.8 Å². The third kappa shape index (κ3) is 1.15. The first-order valence-corrected chi connectivity index (χ1v) is 5.45. The predicted molar refractivity (Wildman–Crippen MR) is 61.4 cm³/mol. The predicted octanol–water partition coefficient (Wildman–Crippen LogP) is 3.13. The smallest absolute Gasteiger partial charge is 0.0349 e. The van der Waals surface area contributed by atoms with Crippen molar-refractivity contribution in [2.45, 2.75) is 39.0 Å². The molecule has 1 atom stereocenters. The highest BCUT2D eigenvalue weighted by molar-refractivity contribution is 5.56. The molecule has 0 amide bonds. The zero-order valence-corrected chi connectivity index (χ0v) is 9.30. The van der Waals surface area contributed by atoms with E-state index in [0.717, 1.165) is 18.0 Å². The normalized spacial score (nSPS) is 23.5. The summed E-state index contributed by atoms with van der Waals surface area (Å²) < 4.78 is 0. The maximum atomic E-state index is 6.01. The number of fused-ring (bicyclic) bond motifs is 1. The number of nitrogen functional groups attached to an aromatic ring is 1. The van der Waals surface area contributed by atoms with Gasteiger partial charge in [-0.05, 0) is 34.9 Å². The van der Waals surface area contributed by atoms with E-state index in [9.17, 15) is 0 Å². The van der Waals surface area contributed by atoms with Crippen LogP contribution in [0.15, 0.2) is 18.2 Å². The van der Waals surface area contributed by atoms with Crippen molar-refractivity contribution < 1.29 is 0 Å². The lowest BCUT2D eigenvalue weighted by molar-refractivity contribution is 0.339. The Hall–Kier alpha value is -0.980. The summed E-state index contributed by atoms with van der Waals surface area (Å²) in [5.41, 5.74) is 10.1. The Labute approximate surface area is 86.3 Å². The molecule has 0 fully saturated rings. The molecule has 2 N–H and O–H groups in total. The largest absolute Gasteiger partial charge is 0.398 e. The molecule has 0 heterocycles. The van der Waals surface area contributed by atoms with Crippen LogP contribution in [0.4, 0.5) is 5.69 Å². The minimum Gasteiger partial charge on any atom is -0.398 e. The van der Waals surface area contributed by atoms with E-state index in [1.807, 2.05) is 6.07 Å². The molecule has 0 unspecified atom stereocenters. The van der Waals surface area contributed by atoms with Crippen molar-refractivity contribution >= 4 is 5.69 Å². The molecule has 2 rings (SSSR count). The molecule has 1 nitrogen and oxygen atoms in total. The van der Waals surface area contributed by atoms with Crippen molar-refractivity contribution in [1.82, 2.24) is 0 Å². The van der Waals surface area contributed by atoms with Gasteiger partial charge in [-0.2, -0.15) is 0 Å². The minimum absolute atomic E-state index is 0.305. The van der Waals surface area contributed by atoms with Gasteiger partial charge in [-0.3, -0.25) is 0 Å². The first-order chi connectivity index (χ1) is 6.57. The zero-order chi connectivity index (χ0) is 10.3. The minimum atomic E-state index is 0.305. The van der Waals surface area contributed by atoms with Gasteiger partial charge in [-0.1, -0.05) is 39.3 Å². The molecule has 1 aromatic carbocycles. The highest BCUT2D eigenvalue weighted by Crippen LogP contribution is 2.46. The van der Waals surface area contributed by atoms with Gasteiger partial charge in [0.1, 0.15) is 0 Å². The van der Waals surface area contributed by atoms with Crippen LogP contribution in [0.2, 0.25) is 0 Å². The maximum Gasteiger partial charge on any atom is 0.0349 e. The van der Waals surface area contributed by atoms with Crippen LogP contribution in [-0.4, -0.2) is 0 Å². The van der Waals surface area contributed by atoms with E-state index in [0.29, 0.717) is 5.41 Å². The molecule has 1 heteroatoms. The van der Waals surface area contributed by atoms with Crippen LogP contribution in [0.3, 0.4) is 0 Å². The summed E-state index contributed by atoms with van der Waals surface area (Å²) in [7, 11) is 0. The summed E-state index contributed by atoms with van der Waals surface area (Å²) in [4.78, 5) is 0. The molecule has 1 aliphatic carbocycles. The van der Waals surface area contributed by atoms with Gasteiger partial charge >= 0.3 is 0 Å². The number of hydrogen-bond acceptors (Lipinski definition) is 1. The van der Waals surface area contributed by atoms with E-state index in [1.165, 1.54) is 17.5 Å². The molecule has 0 radical (unpaired) electrons. The molecule has 1 aliphatic rings. The van der Waals surface area contributed by atoms with E-state index in [4.69, 9.17) is 5.73 Å². The maximum absolute atomic E-state index is 6.01. The van der Waals surface area contributed by atoms with Crippen molar-refractivity contribution in [3.05, 3.63) is 29.3 Å². The molecule has 76 valence electrons. The Morgan fingerprint density at radius 3 is 2.71 bits per heavy atom. The van der Waals surface area contributed by atoms with Crippen LogP contribution in [0.1, 0.15) is 38.3 Å². The fourth-order valence-electron chi connectivity index (χ4n) is 2.81. The summed E-state index contributed by atoms with van der Waals surface area (Å²) >= 11 is 0. The van der Waals surface area contributed by atoms with E-state index in [-0.39, 0.29) is 0 Å². The number of anilines is 1. The number of benzene rings is 1. The first kappa shape index (κ1) is 9.57. The topological polar surface area (TPSA) is 26.0 Å². The third-order valence-corrected chi connectivity index (χ3v) is 3.87. The van der Waals surface area contributed by atoms with Gasteiger partial charge in [-0.15, -0.1) is 0 Å². The average molecular weight is 189 g/mol. The quantitative estimate of drug-likeness (QED) is 0.675. The van der Waals surface area contributed by atoms with Crippen molar-refractivity contribution in [2.24, 2.45) is 5.92 Å². The molecule has 0 saturated heterocycles. The van der Waals surface area contributed by atoms with E-state index < -0.39 is 0 Å². The average Bonchev–Trinajstić information content (AvgIpc) is 2.40. The van der Waals surface area contributed by atoms with Gasteiger partial charge < -0.3 is 5.73 Å². The standard InChI is InChI=1S/C13H19N/c1-4-9-8-10-11(13(9,2)3)6-5-7-12(10)14/h5-7,9H,4,8,14H2,1-3H3/t9-/m0/s1. The van der Waals surface area contributed by atoms with Crippen LogP contribution in [0, 0.1) is 5.92 Å². The summed E-state index contributed by atoms with van der Waals surface area (Å²) in [5.74, 6) is 0.752. The second-order valence-electron chi connectivity index (χ2n) is 4.90. The number of nitrogens with two attached hydrogens (primary N) is 1. The fourth-order valence-corrected chi connectivity index (χ4v) is 2.81. The zero-order valence-electron chi connectivity index (χ0n) is 9.30. The van der Waals surface area contributed by atoms with E-state index in [2.05, 4.69) is 32.9 Å². The highest BCUT2D eigenvalue weighted by Gasteiger charge is 2.38. The summed E-state index contributed by atoms with van der Waals surface area (Å²) in [6, 6.07) is 6.34. The number of rotatable bonds is 1. The Bertz CT molecular complexity index is 352. The van der Waals surface area contributed by atoms with Gasteiger partial charge in [0.25, 0.3) is 0 Å². The molecule has 0 saturated carbocycles. The molecular formula is C13H19N. The summed E-state index contributed by atoms with van der Waals surface area (Å²) in [5, 5.41) is 0. The second kappa shape index (κ2) is 3.01. The highest BCUT2D eigenvalue weighted by atomic mass is 14.6. The lowest BCUT2D eigenvalue weighted by Crippen LogP contribution is -2.23. The Kier molecular flexibility index (Phi) is 2.06. The van der Waals surface area contributed by atoms with E-state index in [1.54, 1.807) is 0 Å². The van der Waals surface area contributed by atoms with Crippen LogP contribution in [0.25, 0.3) is 0 Å². The monoisotopic (exact) mass is 189 g/mol. The molecule has 14 heavy (non-hydrogen) atoms. The summed E-state index contributed by atoms with van der Waals surface area (Å²) in [6.45, 7) is 6.95. The molecule has 0 aromatic heterocycles. The Morgan fingerprint density at radius 2 is 2.14 bits per heavy atom. The molecule has 0 bridgehead atoms.